The van der Waals surface area contributed by atoms with Gasteiger partial charge in [-0.3, -0.25) is 4.99 Å². The van der Waals surface area contributed by atoms with Crippen LogP contribution in [0.25, 0.3) is 0 Å². The van der Waals surface area contributed by atoms with Crippen LogP contribution in [-0.2, 0) is 6.42 Å². The number of ether oxygens (including phenoxy) is 1. The van der Waals surface area contributed by atoms with Gasteiger partial charge in [0.15, 0.2) is 0 Å². The molecular formula is C15H20ClNO2. The van der Waals surface area contributed by atoms with Gasteiger partial charge in [0.2, 0.25) is 0 Å². The third kappa shape index (κ3) is 3.71. The van der Waals surface area contributed by atoms with Gasteiger partial charge in [-0.05, 0) is 42.0 Å². The zero-order valence-corrected chi connectivity index (χ0v) is 12.2. The van der Waals surface area contributed by atoms with E-state index in [0.29, 0.717) is 22.7 Å². The number of benzene rings is 1. The summed E-state index contributed by atoms with van der Waals surface area (Å²) in [5.41, 5.74) is 2.29. The van der Waals surface area contributed by atoms with E-state index in [-0.39, 0.29) is 13.2 Å². The summed E-state index contributed by atoms with van der Waals surface area (Å²) in [7, 11) is 0. The smallest absolute Gasteiger partial charge is 0.138 e. The summed E-state index contributed by atoms with van der Waals surface area (Å²) in [6, 6.07) is 4.21. The van der Waals surface area contributed by atoms with Crippen LogP contribution in [0.3, 0.4) is 0 Å². The molecule has 1 aromatic carbocycles. The Bertz CT molecular complexity index is 471. The van der Waals surface area contributed by atoms with Crippen molar-refractivity contribution in [3.8, 4) is 5.75 Å². The van der Waals surface area contributed by atoms with Crippen molar-refractivity contribution in [1.29, 1.82) is 0 Å². The molecule has 19 heavy (non-hydrogen) atoms. The number of halogens is 1. The minimum absolute atomic E-state index is 0.00908. The quantitative estimate of drug-likeness (QED) is 0.901. The molecule has 1 aromatic rings. The van der Waals surface area contributed by atoms with Crippen molar-refractivity contribution in [1.82, 2.24) is 0 Å². The van der Waals surface area contributed by atoms with E-state index in [4.69, 9.17) is 21.4 Å². The molecule has 1 heterocycles. The Hall–Kier alpha value is -1.06. The van der Waals surface area contributed by atoms with Gasteiger partial charge in [-0.1, -0.05) is 25.4 Å². The zero-order valence-electron chi connectivity index (χ0n) is 11.4. The topological polar surface area (TPSA) is 41.8 Å². The highest BCUT2D eigenvalue weighted by Gasteiger charge is 2.18. The second-order valence-electron chi connectivity index (χ2n) is 5.32. The van der Waals surface area contributed by atoms with Crippen molar-refractivity contribution in [2.24, 2.45) is 10.9 Å². The summed E-state index contributed by atoms with van der Waals surface area (Å²) in [4.78, 5) is 4.58. The predicted octanol–water partition coefficient (Wildman–Crippen LogP) is 3.10. The van der Waals surface area contributed by atoms with Gasteiger partial charge in [0.05, 0.1) is 17.7 Å². The number of nitrogens with zero attached hydrogens (tertiary/aromatic N) is 1. The molecule has 1 atom stereocenters. The fourth-order valence-corrected chi connectivity index (χ4v) is 2.58. The molecule has 1 aliphatic heterocycles. The Morgan fingerprint density at radius 2 is 2.26 bits per heavy atom. The van der Waals surface area contributed by atoms with E-state index in [1.165, 1.54) is 5.56 Å². The third-order valence-corrected chi connectivity index (χ3v) is 3.46. The molecule has 2 rings (SSSR count). The molecule has 3 nitrogen and oxygen atoms in total. The number of aliphatic hydroxyl groups excluding tert-OH is 1. The molecule has 1 N–H and O–H groups in total. The molecule has 1 unspecified atom stereocenters. The van der Waals surface area contributed by atoms with Crippen molar-refractivity contribution in [3.63, 3.8) is 0 Å². The Balaban J connectivity index is 2.18. The summed E-state index contributed by atoms with van der Waals surface area (Å²) in [6.07, 6.45) is 3.93. The van der Waals surface area contributed by atoms with Crippen LogP contribution in [0, 0.1) is 5.92 Å². The summed E-state index contributed by atoms with van der Waals surface area (Å²) in [5.74, 6) is 1.29. The standard InChI is InChI=1S/C15H20ClNO2/c1-10(2)5-13-6-11-8-15(19-4-3-18)14(16)7-12(11)9-17-13/h7-10,13,18H,3-6H2,1-2H3. The number of rotatable bonds is 5. The molecule has 0 bridgehead atoms. The molecule has 104 valence electrons. The van der Waals surface area contributed by atoms with Crippen LogP contribution >= 0.6 is 11.6 Å². The highest BCUT2D eigenvalue weighted by atomic mass is 35.5. The number of hydrogen-bond donors (Lipinski definition) is 1. The largest absolute Gasteiger partial charge is 0.490 e. The van der Waals surface area contributed by atoms with E-state index >= 15 is 0 Å². The molecule has 0 spiro atoms. The van der Waals surface area contributed by atoms with Crippen molar-refractivity contribution in [2.45, 2.75) is 32.7 Å². The van der Waals surface area contributed by atoms with Crippen LogP contribution in [0.4, 0.5) is 0 Å². The average molecular weight is 282 g/mol. The van der Waals surface area contributed by atoms with Gasteiger partial charge >= 0.3 is 0 Å². The fraction of sp³-hybridized carbons (Fsp3) is 0.533. The molecule has 0 aliphatic carbocycles. The lowest BCUT2D eigenvalue weighted by Crippen LogP contribution is -2.17. The van der Waals surface area contributed by atoms with Gasteiger partial charge in [0, 0.05) is 6.21 Å². The van der Waals surface area contributed by atoms with Crippen LogP contribution in [0.15, 0.2) is 17.1 Å². The second kappa shape index (κ2) is 6.40. The van der Waals surface area contributed by atoms with Gasteiger partial charge in [-0.25, -0.2) is 0 Å². The molecule has 1 aliphatic rings. The average Bonchev–Trinajstić information content (AvgIpc) is 2.36. The fourth-order valence-electron chi connectivity index (χ4n) is 2.35. The molecule has 4 heteroatoms. The van der Waals surface area contributed by atoms with Crippen molar-refractivity contribution in [3.05, 3.63) is 28.3 Å². The highest BCUT2D eigenvalue weighted by Crippen LogP contribution is 2.31. The van der Waals surface area contributed by atoms with Gasteiger partial charge in [-0.2, -0.15) is 0 Å². The molecule has 0 amide bonds. The van der Waals surface area contributed by atoms with E-state index < -0.39 is 0 Å². The SMILES string of the molecule is CC(C)CC1Cc2cc(OCCO)c(Cl)cc2C=N1. The molecule has 0 aromatic heterocycles. The van der Waals surface area contributed by atoms with Gasteiger partial charge in [0.25, 0.3) is 0 Å². The van der Waals surface area contributed by atoms with Gasteiger partial charge in [0.1, 0.15) is 12.4 Å². The molecule has 0 radical (unpaired) electrons. The first-order valence-electron chi connectivity index (χ1n) is 6.69. The Labute approximate surface area is 119 Å². The van der Waals surface area contributed by atoms with E-state index in [9.17, 15) is 0 Å². The first-order chi connectivity index (χ1) is 9.10. The lowest BCUT2D eigenvalue weighted by Gasteiger charge is -2.21. The first kappa shape index (κ1) is 14.4. The number of aliphatic hydroxyl groups is 1. The van der Waals surface area contributed by atoms with E-state index in [1.807, 2.05) is 18.3 Å². The Morgan fingerprint density at radius 1 is 1.47 bits per heavy atom. The summed E-state index contributed by atoms with van der Waals surface area (Å²) in [5, 5.41) is 9.38. The Morgan fingerprint density at radius 3 is 2.95 bits per heavy atom. The second-order valence-corrected chi connectivity index (χ2v) is 5.73. The van der Waals surface area contributed by atoms with Gasteiger partial charge < -0.3 is 9.84 Å². The van der Waals surface area contributed by atoms with Gasteiger partial charge in [-0.15, -0.1) is 0 Å². The third-order valence-electron chi connectivity index (χ3n) is 3.17. The van der Waals surface area contributed by atoms with Crippen molar-refractivity contribution >= 4 is 17.8 Å². The van der Waals surface area contributed by atoms with E-state index in [2.05, 4.69) is 18.8 Å². The summed E-state index contributed by atoms with van der Waals surface area (Å²) in [6.45, 7) is 4.68. The van der Waals surface area contributed by atoms with E-state index in [1.54, 1.807) is 0 Å². The van der Waals surface area contributed by atoms with E-state index in [0.717, 1.165) is 18.4 Å². The number of hydrogen-bond acceptors (Lipinski definition) is 3. The minimum atomic E-state index is -0.00908. The predicted molar refractivity (Wildman–Crippen MR) is 78.6 cm³/mol. The van der Waals surface area contributed by atoms with Crippen molar-refractivity contribution in [2.75, 3.05) is 13.2 Å². The minimum Gasteiger partial charge on any atom is -0.490 e. The maximum Gasteiger partial charge on any atom is 0.138 e. The van der Waals surface area contributed by atoms with Crippen LogP contribution in [0.2, 0.25) is 5.02 Å². The molecular weight excluding hydrogens is 262 g/mol. The van der Waals surface area contributed by atoms with Crippen LogP contribution in [0.1, 0.15) is 31.4 Å². The summed E-state index contributed by atoms with van der Waals surface area (Å²) < 4.78 is 5.44. The van der Waals surface area contributed by atoms with Crippen LogP contribution in [0.5, 0.6) is 5.75 Å². The highest BCUT2D eigenvalue weighted by molar-refractivity contribution is 6.32. The number of fused-ring (bicyclic) bond motifs is 1. The molecule has 0 fully saturated rings. The normalized spacial score (nSPS) is 17.6. The molecule has 0 saturated carbocycles. The van der Waals surface area contributed by atoms with Crippen LogP contribution < -0.4 is 4.74 Å². The summed E-state index contributed by atoms with van der Waals surface area (Å²) >= 11 is 6.15. The lowest BCUT2D eigenvalue weighted by molar-refractivity contribution is 0.201. The van der Waals surface area contributed by atoms with Crippen molar-refractivity contribution < 1.29 is 9.84 Å². The number of aliphatic imine (C=N–C) groups is 1. The Kier molecular flexibility index (Phi) is 4.83. The maximum absolute atomic E-state index is 8.81. The zero-order chi connectivity index (χ0) is 13.8. The lowest BCUT2D eigenvalue weighted by atomic mass is 9.93. The first-order valence-corrected chi connectivity index (χ1v) is 7.07. The van der Waals surface area contributed by atoms with Crippen LogP contribution in [-0.4, -0.2) is 30.6 Å². The maximum atomic E-state index is 8.81. The monoisotopic (exact) mass is 281 g/mol. The molecule has 0 saturated heterocycles.